The van der Waals surface area contributed by atoms with Crippen LogP contribution in [-0.4, -0.2) is 11.7 Å². The van der Waals surface area contributed by atoms with Crippen LogP contribution >= 0.6 is 15.9 Å². The maximum absolute atomic E-state index is 10.4. The van der Waals surface area contributed by atoms with Crippen LogP contribution in [0.15, 0.2) is 10.5 Å². The lowest BCUT2D eigenvalue weighted by Crippen LogP contribution is -2.33. The summed E-state index contributed by atoms with van der Waals surface area (Å²) in [5.41, 5.74) is 9.30. The van der Waals surface area contributed by atoms with Crippen LogP contribution in [0, 0.1) is 13.8 Å². The molecule has 1 saturated carbocycles. The number of hydrogen-bond donors (Lipinski definition) is 2. The number of nitrogens with two attached hydrogens (primary N) is 1. The van der Waals surface area contributed by atoms with Crippen molar-refractivity contribution < 1.29 is 5.11 Å². The molecule has 0 radical (unpaired) electrons. The van der Waals surface area contributed by atoms with Crippen LogP contribution in [0.2, 0.25) is 0 Å². The summed E-state index contributed by atoms with van der Waals surface area (Å²) in [6.07, 6.45) is 4.60. The van der Waals surface area contributed by atoms with E-state index in [1.165, 1.54) is 12.8 Å². The minimum atomic E-state index is -0.00954. The van der Waals surface area contributed by atoms with E-state index in [0.717, 1.165) is 34.0 Å². The molecule has 1 aromatic rings. The predicted octanol–water partition coefficient (Wildman–Crippen LogP) is 3.54. The minimum Gasteiger partial charge on any atom is -0.506 e. The third-order valence-corrected chi connectivity index (χ3v) is 5.10. The van der Waals surface area contributed by atoms with Crippen LogP contribution in [0.1, 0.15) is 42.4 Å². The van der Waals surface area contributed by atoms with Crippen molar-refractivity contribution in [2.75, 3.05) is 6.54 Å². The summed E-state index contributed by atoms with van der Waals surface area (Å²) >= 11 is 3.47. The average Bonchev–Trinajstić information content (AvgIpc) is 2.76. The fourth-order valence-electron chi connectivity index (χ4n) is 3.22. The number of aryl methyl sites for hydroxylation is 2. The van der Waals surface area contributed by atoms with Gasteiger partial charge in [-0.15, -0.1) is 0 Å². The molecular weight excluding hydrogens is 278 g/mol. The minimum absolute atomic E-state index is 0.00954. The molecule has 0 atom stereocenters. The lowest BCUT2D eigenvalue weighted by molar-refractivity contribution is 0.401. The first-order valence-electron chi connectivity index (χ1n) is 6.21. The number of hydrogen-bond acceptors (Lipinski definition) is 2. The second-order valence-electron chi connectivity index (χ2n) is 5.24. The third-order valence-electron chi connectivity index (χ3n) is 4.10. The molecule has 2 rings (SSSR count). The molecule has 0 heterocycles. The Bertz CT molecular complexity index is 436. The Morgan fingerprint density at radius 1 is 1.29 bits per heavy atom. The van der Waals surface area contributed by atoms with Gasteiger partial charge in [0, 0.05) is 17.5 Å². The van der Waals surface area contributed by atoms with E-state index in [9.17, 15) is 5.11 Å². The summed E-state index contributed by atoms with van der Waals surface area (Å²) in [6.45, 7) is 4.70. The van der Waals surface area contributed by atoms with E-state index < -0.39 is 0 Å². The molecule has 0 bridgehead atoms. The first-order chi connectivity index (χ1) is 8.02. The van der Waals surface area contributed by atoms with Gasteiger partial charge in [0.25, 0.3) is 0 Å². The summed E-state index contributed by atoms with van der Waals surface area (Å²) in [6, 6.07) is 2.13. The Labute approximate surface area is 111 Å². The maximum atomic E-state index is 10.4. The normalized spacial score (nSPS) is 18.6. The van der Waals surface area contributed by atoms with Gasteiger partial charge < -0.3 is 10.8 Å². The van der Waals surface area contributed by atoms with Gasteiger partial charge in [-0.25, -0.2) is 0 Å². The predicted molar refractivity (Wildman–Crippen MR) is 74.5 cm³/mol. The topological polar surface area (TPSA) is 46.2 Å². The summed E-state index contributed by atoms with van der Waals surface area (Å²) in [7, 11) is 0. The number of phenolic OH excluding ortho intramolecular Hbond substituents is 1. The zero-order valence-electron chi connectivity index (χ0n) is 10.5. The molecule has 3 N–H and O–H groups in total. The third kappa shape index (κ3) is 2.00. The molecule has 94 valence electrons. The molecule has 2 nitrogen and oxygen atoms in total. The zero-order chi connectivity index (χ0) is 12.6. The molecule has 17 heavy (non-hydrogen) atoms. The number of aromatic hydroxyl groups is 1. The molecule has 1 aromatic carbocycles. The smallest absolute Gasteiger partial charge is 0.134 e. The van der Waals surface area contributed by atoms with Crippen LogP contribution in [0.4, 0.5) is 0 Å². The quantitative estimate of drug-likeness (QED) is 0.877. The van der Waals surface area contributed by atoms with Crippen LogP contribution in [0.5, 0.6) is 5.75 Å². The molecule has 1 aliphatic rings. The van der Waals surface area contributed by atoms with Gasteiger partial charge in [-0.1, -0.05) is 18.9 Å². The molecule has 0 spiro atoms. The first kappa shape index (κ1) is 12.9. The second kappa shape index (κ2) is 4.62. The number of phenols is 1. The van der Waals surface area contributed by atoms with Crippen LogP contribution in [-0.2, 0) is 5.41 Å². The molecule has 0 aromatic heterocycles. The van der Waals surface area contributed by atoms with Crippen molar-refractivity contribution in [1.82, 2.24) is 0 Å². The average molecular weight is 298 g/mol. The van der Waals surface area contributed by atoms with Gasteiger partial charge in [0.1, 0.15) is 5.75 Å². The maximum Gasteiger partial charge on any atom is 0.134 e. The van der Waals surface area contributed by atoms with Crippen molar-refractivity contribution in [1.29, 1.82) is 0 Å². The molecular formula is C14H20BrNO. The Morgan fingerprint density at radius 2 is 1.88 bits per heavy atom. The van der Waals surface area contributed by atoms with E-state index in [2.05, 4.69) is 28.9 Å². The highest BCUT2D eigenvalue weighted by Gasteiger charge is 2.38. The van der Waals surface area contributed by atoms with Crippen LogP contribution in [0.25, 0.3) is 0 Å². The van der Waals surface area contributed by atoms with Gasteiger partial charge in [0.05, 0.1) is 4.47 Å². The molecule has 0 unspecified atom stereocenters. The van der Waals surface area contributed by atoms with Gasteiger partial charge in [0.15, 0.2) is 0 Å². The lowest BCUT2D eigenvalue weighted by Gasteiger charge is -2.31. The second-order valence-corrected chi connectivity index (χ2v) is 6.03. The highest BCUT2D eigenvalue weighted by atomic mass is 79.9. The number of rotatable bonds is 2. The van der Waals surface area contributed by atoms with E-state index in [0.29, 0.717) is 12.3 Å². The van der Waals surface area contributed by atoms with Gasteiger partial charge in [-0.3, -0.25) is 0 Å². The summed E-state index contributed by atoms with van der Waals surface area (Å²) in [5.74, 6) is 0.398. The standard InChI is InChI=1S/C14H20BrNO/c1-9-7-10(2)12(15)13(17)11(9)14(8-16)5-3-4-6-14/h7,17H,3-6,8,16H2,1-2H3. The molecule has 3 heteroatoms. The van der Waals surface area contributed by atoms with Crippen molar-refractivity contribution in [2.24, 2.45) is 5.73 Å². The van der Waals surface area contributed by atoms with E-state index in [1.807, 2.05) is 6.92 Å². The SMILES string of the molecule is Cc1cc(C)c(C2(CN)CCCC2)c(O)c1Br. The fraction of sp³-hybridized carbons (Fsp3) is 0.571. The highest BCUT2D eigenvalue weighted by molar-refractivity contribution is 9.10. The summed E-state index contributed by atoms with van der Waals surface area (Å²) < 4.78 is 0.817. The van der Waals surface area contributed by atoms with Crippen molar-refractivity contribution in [3.8, 4) is 5.75 Å². The van der Waals surface area contributed by atoms with Crippen LogP contribution in [0.3, 0.4) is 0 Å². The molecule has 1 aliphatic carbocycles. The van der Waals surface area contributed by atoms with E-state index >= 15 is 0 Å². The number of benzene rings is 1. The van der Waals surface area contributed by atoms with E-state index in [4.69, 9.17) is 5.73 Å². The monoisotopic (exact) mass is 297 g/mol. The van der Waals surface area contributed by atoms with Crippen molar-refractivity contribution in [2.45, 2.75) is 44.9 Å². The molecule has 0 aliphatic heterocycles. The van der Waals surface area contributed by atoms with Crippen molar-refractivity contribution in [3.05, 3.63) is 27.2 Å². The van der Waals surface area contributed by atoms with Gasteiger partial charge in [-0.05, 0) is 53.7 Å². The molecule has 1 fully saturated rings. The summed E-state index contributed by atoms with van der Waals surface area (Å²) in [4.78, 5) is 0. The largest absolute Gasteiger partial charge is 0.506 e. The van der Waals surface area contributed by atoms with Gasteiger partial charge in [0.2, 0.25) is 0 Å². The van der Waals surface area contributed by atoms with Crippen LogP contribution < -0.4 is 5.73 Å². The Kier molecular flexibility index (Phi) is 3.50. The Balaban J connectivity index is 2.62. The fourth-order valence-corrected chi connectivity index (χ4v) is 3.53. The Morgan fingerprint density at radius 3 is 2.41 bits per heavy atom. The number of halogens is 1. The van der Waals surface area contributed by atoms with E-state index in [1.54, 1.807) is 0 Å². The first-order valence-corrected chi connectivity index (χ1v) is 7.00. The van der Waals surface area contributed by atoms with Crippen molar-refractivity contribution in [3.63, 3.8) is 0 Å². The van der Waals surface area contributed by atoms with E-state index in [-0.39, 0.29) is 5.41 Å². The summed E-state index contributed by atoms with van der Waals surface area (Å²) in [5, 5.41) is 10.4. The molecule has 0 saturated heterocycles. The zero-order valence-corrected chi connectivity index (χ0v) is 12.1. The molecule has 0 amide bonds. The van der Waals surface area contributed by atoms with Crippen molar-refractivity contribution >= 4 is 15.9 Å². The van der Waals surface area contributed by atoms with Gasteiger partial charge in [-0.2, -0.15) is 0 Å². The Hall–Kier alpha value is -0.540. The van der Waals surface area contributed by atoms with Gasteiger partial charge >= 0.3 is 0 Å². The highest BCUT2D eigenvalue weighted by Crippen LogP contribution is 2.48. The lowest BCUT2D eigenvalue weighted by atomic mass is 9.76.